The normalized spacial score (nSPS) is 36.4. The van der Waals surface area contributed by atoms with Crippen LogP contribution in [0.4, 0.5) is 0 Å². The molecule has 1 aliphatic carbocycles. The van der Waals surface area contributed by atoms with Crippen LogP contribution < -0.4 is 5.73 Å². The van der Waals surface area contributed by atoms with Crippen LogP contribution in [0.5, 0.6) is 0 Å². The van der Waals surface area contributed by atoms with Gasteiger partial charge in [0.1, 0.15) is 0 Å². The molecule has 0 spiro atoms. The first kappa shape index (κ1) is 14.8. The van der Waals surface area contributed by atoms with Crippen molar-refractivity contribution < 1.29 is 4.79 Å². The number of amides is 1. The van der Waals surface area contributed by atoms with Crippen molar-refractivity contribution in [3.05, 3.63) is 0 Å². The van der Waals surface area contributed by atoms with E-state index in [0.717, 1.165) is 25.9 Å². The van der Waals surface area contributed by atoms with Gasteiger partial charge in [0.2, 0.25) is 5.91 Å². The zero-order valence-electron chi connectivity index (χ0n) is 12.6. The topological polar surface area (TPSA) is 49.6 Å². The predicted octanol–water partition coefficient (Wildman–Crippen LogP) is 1.30. The number of nitrogens with zero attached hydrogens (tertiary/aromatic N) is 2. The average Bonchev–Trinajstić information content (AvgIpc) is 2.74. The van der Waals surface area contributed by atoms with E-state index in [4.69, 9.17) is 5.73 Å². The molecule has 2 fully saturated rings. The molecule has 1 saturated carbocycles. The maximum absolute atomic E-state index is 12.6. The zero-order chi connectivity index (χ0) is 14.0. The predicted molar refractivity (Wildman–Crippen MR) is 77.8 cm³/mol. The molecule has 4 heteroatoms. The molecule has 0 aromatic carbocycles. The van der Waals surface area contributed by atoms with Gasteiger partial charge in [-0.2, -0.15) is 0 Å². The van der Waals surface area contributed by atoms with Gasteiger partial charge in [-0.3, -0.25) is 4.79 Å². The molecule has 0 radical (unpaired) electrons. The van der Waals surface area contributed by atoms with Gasteiger partial charge in [-0.1, -0.05) is 13.3 Å². The molecule has 2 rings (SSSR count). The summed E-state index contributed by atoms with van der Waals surface area (Å²) in [6.07, 6.45) is 5.77. The molecule has 4 atom stereocenters. The smallest absolute Gasteiger partial charge is 0.227 e. The van der Waals surface area contributed by atoms with Gasteiger partial charge in [-0.15, -0.1) is 0 Å². The van der Waals surface area contributed by atoms with Crippen molar-refractivity contribution in [2.24, 2.45) is 17.6 Å². The first-order valence-corrected chi connectivity index (χ1v) is 7.71. The van der Waals surface area contributed by atoms with E-state index in [2.05, 4.69) is 18.9 Å². The number of rotatable bonds is 3. The van der Waals surface area contributed by atoms with E-state index in [1.54, 1.807) is 0 Å². The molecule has 2 N–H and O–H groups in total. The van der Waals surface area contributed by atoms with Gasteiger partial charge in [0, 0.05) is 25.7 Å². The van der Waals surface area contributed by atoms with Crippen molar-refractivity contribution in [1.82, 2.24) is 9.80 Å². The highest BCUT2D eigenvalue weighted by Gasteiger charge is 2.36. The second kappa shape index (κ2) is 6.23. The van der Waals surface area contributed by atoms with Crippen LogP contribution in [0.3, 0.4) is 0 Å². The summed E-state index contributed by atoms with van der Waals surface area (Å²) in [7, 11) is 4.10. The van der Waals surface area contributed by atoms with Gasteiger partial charge in [-0.25, -0.2) is 0 Å². The van der Waals surface area contributed by atoms with Crippen LogP contribution in [0.25, 0.3) is 0 Å². The van der Waals surface area contributed by atoms with Crippen LogP contribution in [-0.4, -0.2) is 55.0 Å². The molecule has 110 valence electrons. The van der Waals surface area contributed by atoms with Crippen LogP contribution in [0.1, 0.15) is 39.0 Å². The van der Waals surface area contributed by atoms with Gasteiger partial charge in [0.25, 0.3) is 0 Å². The second-order valence-electron chi connectivity index (χ2n) is 6.59. The van der Waals surface area contributed by atoms with Gasteiger partial charge in [0.05, 0.1) is 5.92 Å². The Bertz CT molecular complexity index is 311. The number of carbonyl (C=O) groups excluding carboxylic acids is 1. The minimum absolute atomic E-state index is 0.0328. The zero-order valence-corrected chi connectivity index (χ0v) is 12.6. The molecule has 2 aliphatic rings. The Balaban J connectivity index is 1.93. The minimum atomic E-state index is 0.0328. The van der Waals surface area contributed by atoms with Crippen molar-refractivity contribution in [3.8, 4) is 0 Å². The standard InChI is InChI=1S/C15H29N3O/c1-11-6-4-8-13(16)14(11)15(19)18(3)10-12-7-5-9-17(12)2/h11-14H,4-10,16H2,1-3H3. The Kier molecular flexibility index (Phi) is 4.85. The highest BCUT2D eigenvalue weighted by atomic mass is 16.2. The Morgan fingerprint density at radius 3 is 2.63 bits per heavy atom. The molecular formula is C15H29N3O. The molecule has 1 amide bonds. The number of hydrogen-bond donors (Lipinski definition) is 1. The largest absolute Gasteiger partial charge is 0.344 e. The summed E-state index contributed by atoms with van der Waals surface area (Å²) in [5, 5.41) is 0. The fraction of sp³-hybridized carbons (Fsp3) is 0.933. The van der Waals surface area contributed by atoms with Crippen molar-refractivity contribution in [2.75, 3.05) is 27.2 Å². The SMILES string of the molecule is CC1CCCC(N)C1C(=O)N(C)CC1CCCN1C. The molecule has 1 saturated heterocycles. The molecule has 0 bridgehead atoms. The van der Waals surface area contributed by atoms with Crippen molar-refractivity contribution in [1.29, 1.82) is 0 Å². The first-order chi connectivity index (χ1) is 9.00. The number of likely N-dealkylation sites (N-methyl/N-ethyl adjacent to an activating group) is 2. The summed E-state index contributed by atoms with van der Waals surface area (Å²) in [5.74, 6) is 0.727. The summed E-state index contributed by atoms with van der Waals surface area (Å²) >= 11 is 0. The summed E-state index contributed by atoms with van der Waals surface area (Å²) in [5.41, 5.74) is 6.19. The van der Waals surface area contributed by atoms with Gasteiger partial charge >= 0.3 is 0 Å². The Hall–Kier alpha value is -0.610. The molecule has 1 aliphatic heterocycles. The van der Waals surface area contributed by atoms with Crippen molar-refractivity contribution in [2.45, 2.75) is 51.1 Å². The molecule has 19 heavy (non-hydrogen) atoms. The molecular weight excluding hydrogens is 238 g/mol. The van der Waals surface area contributed by atoms with Crippen LogP contribution in [-0.2, 0) is 4.79 Å². The summed E-state index contributed by atoms with van der Waals surface area (Å²) in [6, 6.07) is 0.587. The highest BCUT2D eigenvalue weighted by Crippen LogP contribution is 2.30. The molecule has 4 nitrogen and oxygen atoms in total. The van der Waals surface area contributed by atoms with Crippen molar-refractivity contribution >= 4 is 5.91 Å². The van der Waals surface area contributed by atoms with E-state index < -0.39 is 0 Å². The van der Waals surface area contributed by atoms with E-state index in [0.29, 0.717) is 12.0 Å². The Morgan fingerprint density at radius 1 is 1.32 bits per heavy atom. The Morgan fingerprint density at radius 2 is 2.05 bits per heavy atom. The molecule has 0 aromatic rings. The number of hydrogen-bond acceptors (Lipinski definition) is 3. The fourth-order valence-corrected chi connectivity index (χ4v) is 3.75. The van der Waals surface area contributed by atoms with E-state index in [-0.39, 0.29) is 17.9 Å². The molecule has 0 aromatic heterocycles. The maximum Gasteiger partial charge on any atom is 0.227 e. The van der Waals surface area contributed by atoms with Gasteiger partial charge in [0.15, 0.2) is 0 Å². The maximum atomic E-state index is 12.6. The Labute approximate surface area is 117 Å². The lowest BCUT2D eigenvalue weighted by Gasteiger charge is -2.37. The summed E-state index contributed by atoms with van der Waals surface area (Å²) in [6.45, 7) is 4.19. The minimum Gasteiger partial charge on any atom is -0.344 e. The number of nitrogens with two attached hydrogens (primary N) is 1. The number of carbonyl (C=O) groups is 1. The lowest BCUT2D eigenvalue weighted by atomic mass is 9.76. The molecule has 4 unspecified atom stereocenters. The highest BCUT2D eigenvalue weighted by molar-refractivity contribution is 5.79. The lowest BCUT2D eigenvalue weighted by Crippen LogP contribution is -2.50. The van der Waals surface area contributed by atoms with E-state index in [1.165, 1.54) is 19.3 Å². The fourth-order valence-electron chi connectivity index (χ4n) is 3.75. The average molecular weight is 267 g/mol. The lowest BCUT2D eigenvalue weighted by molar-refractivity contribution is -0.138. The molecule has 1 heterocycles. The van der Waals surface area contributed by atoms with Gasteiger partial charge < -0.3 is 15.5 Å². The quantitative estimate of drug-likeness (QED) is 0.838. The third-order valence-electron chi connectivity index (χ3n) is 5.09. The first-order valence-electron chi connectivity index (χ1n) is 7.71. The van der Waals surface area contributed by atoms with E-state index in [9.17, 15) is 4.79 Å². The number of likely N-dealkylation sites (tertiary alicyclic amines) is 1. The van der Waals surface area contributed by atoms with E-state index in [1.807, 2.05) is 11.9 Å². The van der Waals surface area contributed by atoms with Gasteiger partial charge in [-0.05, 0) is 45.2 Å². The van der Waals surface area contributed by atoms with Crippen LogP contribution in [0.2, 0.25) is 0 Å². The van der Waals surface area contributed by atoms with Crippen LogP contribution in [0, 0.1) is 11.8 Å². The summed E-state index contributed by atoms with van der Waals surface area (Å²) < 4.78 is 0. The monoisotopic (exact) mass is 267 g/mol. The summed E-state index contributed by atoms with van der Waals surface area (Å²) in [4.78, 5) is 16.9. The third kappa shape index (κ3) is 3.29. The van der Waals surface area contributed by atoms with E-state index >= 15 is 0 Å². The van der Waals surface area contributed by atoms with Crippen LogP contribution in [0.15, 0.2) is 0 Å². The second-order valence-corrected chi connectivity index (χ2v) is 6.59. The van der Waals surface area contributed by atoms with Crippen molar-refractivity contribution in [3.63, 3.8) is 0 Å². The third-order valence-corrected chi connectivity index (χ3v) is 5.09. The van der Waals surface area contributed by atoms with Crippen LogP contribution >= 0.6 is 0 Å².